The largest absolute Gasteiger partial charge is 1.00 e. The standard InChI is InChI=1S/C6H10O4.ClH/c1-10-6(9)4-2-3-5(7)8;/h2-4H2,1H3,(H,7,8);1H/p-2. The van der Waals surface area contributed by atoms with Crippen molar-refractivity contribution in [2.24, 2.45) is 0 Å². The van der Waals surface area contributed by atoms with Crippen molar-refractivity contribution in [2.75, 3.05) is 7.11 Å². The molecule has 5 heteroatoms. The Morgan fingerprint density at radius 3 is 2.27 bits per heavy atom. The smallest absolute Gasteiger partial charge is 0.305 e. The Hall–Kier alpha value is -0.770. The van der Waals surface area contributed by atoms with E-state index in [0.717, 1.165) is 0 Å². The molecule has 0 radical (unpaired) electrons. The fourth-order valence-corrected chi connectivity index (χ4v) is 0.479. The van der Waals surface area contributed by atoms with E-state index in [1.54, 1.807) is 0 Å². The van der Waals surface area contributed by atoms with Crippen LogP contribution in [0.25, 0.3) is 0 Å². The van der Waals surface area contributed by atoms with Gasteiger partial charge in [0.1, 0.15) is 0 Å². The fraction of sp³-hybridized carbons (Fsp3) is 0.667. The van der Waals surface area contributed by atoms with Crippen molar-refractivity contribution in [3.05, 3.63) is 0 Å². The van der Waals surface area contributed by atoms with Gasteiger partial charge in [-0.1, -0.05) is 0 Å². The molecule has 0 heterocycles. The van der Waals surface area contributed by atoms with Gasteiger partial charge in [-0.3, -0.25) is 4.79 Å². The summed E-state index contributed by atoms with van der Waals surface area (Å²) >= 11 is 0. The Morgan fingerprint density at radius 2 is 1.91 bits per heavy atom. The number of carboxylic acid groups (broad SMARTS) is 1. The Bertz CT molecular complexity index is 135. The summed E-state index contributed by atoms with van der Waals surface area (Å²) < 4.78 is 4.28. The molecule has 0 fully saturated rings. The number of carbonyl (C=O) groups is 2. The number of methoxy groups -OCH3 is 1. The fourth-order valence-electron chi connectivity index (χ4n) is 0.479. The van der Waals surface area contributed by atoms with E-state index < -0.39 is 5.97 Å². The van der Waals surface area contributed by atoms with E-state index in [1.807, 2.05) is 0 Å². The van der Waals surface area contributed by atoms with E-state index in [1.165, 1.54) is 7.11 Å². The van der Waals surface area contributed by atoms with Gasteiger partial charge in [0.2, 0.25) is 0 Å². The molecular weight excluding hydrogens is 172 g/mol. The molecule has 66 valence electrons. The molecule has 0 aliphatic heterocycles. The first-order valence-corrected chi connectivity index (χ1v) is 2.93. The molecule has 0 saturated heterocycles. The van der Waals surface area contributed by atoms with Gasteiger partial charge in [-0.25, -0.2) is 0 Å². The molecule has 0 unspecified atom stereocenters. The average molecular weight is 181 g/mol. The Balaban J connectivity index is 0. The van der Waals surface area contributed by atoms with E-state index in [0.29, 0.717) is 0 Å². The van der Waals surface area contributed by atoms with E-state index >= 15 is 0 Å². The first kappa shape index (κ1) is 12.9. The van der Waals surface area contributed by atoms with E-state index in [9.17, 15) is 14.7 Å². The highest BCUT2D eigenvalue weighted by Crippen LogP contribution is 1.94. The lowest BCUT2D eigenvalue weighted by Crippen LogP contribution is -3.00. The Kier molecular flexibility index (Phi) is 8.58. The minimum atomic E-state index is -1.14. The van der Waals surface area contributed by atoms with Crippen LogP contribution in [0.1, 0.15) is 19.3 Å². The number of hydrogen-bond acceptors (Lipinski definition) is 4. The third kappa shape index (κ3) is 9.23. The van der Waals surface area contributed by atoms with Gasteiger partial charge in [-0.15, -0.1) is 0 Å². The molecule has 4 nitrogen and oxygen atoms in total. The third-order valence-electron chi connectivity index (χ3n) is 0.989. The summed E-state index contributed by atoms with van der Waals surface area (Å²) in [5.41, 5.74) is 0. The quantitative estimate of drug-likeness (QED) is 0.415. The zero-order chi connectivity index (χ0) is 7.98. The van der Waals surface area contributed by atoms with Crippen molar-refractivity contribution < 1.29 is 31.8 Å². The summed E-state index contributed by atoms with van der Waals surface area (Å²) in [6.07, 6.45) is 0.342. The molecule has 0 aliphatic rings. The lowest BCUT2D eigenvalue weighted by atomic mass is 10.2. The molecule has 0 aromatic carbocycles. The summed E-state index contributed by atoms with van der Waals surface area (Å²) in [5, 5.41) is 9.81. The number of hydrogen-bond donors (Lipinski definition) is 0. The second kappa shape index (κ2) is 7.34. The molecule has 0 N–H and O–H groups in total. The van der Waals surface area contributed by atoms with Crippen LogP contribution >= 0.6 is 0 Å². The zero-order valence-electron chi connectivity index (χ0n) is 6.13. The predicted octanol–water partition coefficient (Wildman–Crippen LogP) is -3.92. The predicted molar refractivity (Wildman–Crippen MR) is 30.9 cm³/mol. The topological polar surface area (TPSA) is 66.4 Å². The van der Waals surface area contributed by atoms with Crippen molar-refractivity contribution in [1.82, 2.24) is 0 Å². The monoisotopic (exact) mass is 180 g/mol. The van der Waals surface area contributed by atoms with Crippen molar-refractivity contribution in [1.29, 1.82) is 0 Å². The van der Waals surface area contributed by atoms with Gasteiger partial charge < -0.3 is 27.0 Å². The van der Waals surface area contributed by atoms with Gasteiger partial charge in [0.05, 0.1) is 7.11 Å². The minimum absolute atomic E-state index is 0. The van der Waals surface area contributed by atoms with Gasteiger partial charge in [-0.05, 0) is 12.8 Å². The molecule has 0 aliphatic carbocycles. The Morgan fingerprint density at radius 1 is 1.36 bits per heavy atom. The maximum atomic E-state index is 10.4. The lowest BCUT2D eigenvalue weighted by molar-refractivity contribution is -0.305. The lowest BCUT2D eigenvalue weighted by Gasteiger charge is -1.99. The number of carboxylic acids is 1. The van der Waals surface area contributed by atoms with Crippen LogP contribution in [0.3, 0.4) is 0 Å². The number of aliphatic carboxylic acids is 1. The molecule has 0 aromatic rings. The van der Waals surface area contributed by atoms with Crippen LogP contribution in [0.2, 0.25) is 0 Å². The normalized spacial score (nSPS) is 8.09. The van der Waals surface area contributed by atoms with Crippen molar-refractivity contribution >= 4 is 11.9 Å². The van der Waals surface area contributed by atoms with Crippen LogP contribution in [0.4, 0.5) is 0 Å². The Labute approximate surface area is 70.9 Å². The van der Waals surface area contributed by atoms with Crippen LogP contribution in [0.5, 0.6) is 0 Å². The van der Waals surface area contributed by atoms with Gasteiger partial charge in [0.15, 0.2) is 0 Å². The third-order valence-corrected chi connectivity index (χ3v) is 0.989. The highest BCUT2D eigenvalue weighted by molar-refractivity contribution is 5.70. The number of esters is 1. The number of ether oxygens (including phenoxy) is 1. The van der Waals surface area contributed by atoms with Crippen LogP contribution in [-0.2, 0) is 14.3 Å². The van der Waals surface area contributed by atoms with Gasteiger partial charge in [0, 0.05) is 12.4 Å². The highest BCUT2D eigenvalue weighted by Gasteiger charge is 1.98. The van der Waals surface area contributed by atoms with Crippen molar-refractivity contribution in [2.45, 2.75) is 19.3 Å². The second-order valence-corrected chi connectivity index (χ2v) is 1.80. The van der Waals surface area contributed by atoms with Crippen LogP contribution in [0, 0.1) is 0 Å². The number of halogens is 1. The molecule has 0 spiro atoms. The SMILES string of the molecule is COC(=O)CCCC(=O)[O-].[Cl-]. The molecule has 0 saturated carbocycles. The second-order valence-electron chi connectivity index (χ2n) is 1.80. The minimum Gasteiger partial charge on any atom is -1.00 e. The van der Waals surface area contributed by atoms with Gasteiger partial charge in [0.25, 0.3) is 0 Å². The molecule has 11 heavy (non-hydrogen) atoms. The highest BCUT2D eigenvalue weighted by atomic mass is 35.5. The van der Waals surface area contributed by atoms with Gasteiger partial charge in [-0.2, -0.15) is 0 Å². The van der Waals surface area contributed by atoms with E-state index in [-0.39, 0.29) is 37.6 Å². The molecule has 0 rings (SSSR count). The maximum Gasteiger partial charge on any atom is 0.305 e. The number of carbonyl (C=O) groups excluding carboxylic acids is 2. The molecular formula is C6H9ClO4-2. The summed E-state index contributed by atoms with van der Waals surface area (Å²) in [7, 11) is 1.27. The van der Waals surface area contributed by atoms with Crippen LogP contribution < -0.4 is 17.5 Å². The summed E-state index contributed by atoms with van der Waals surface area (Å²) in [5.74, 6) is -1.52. The molecule has 0 atom stereocenters. The molecule has 0 aromatic heterocycles. The zero-order valence-corrected chi connectivity index (χ0v) is 6.89. The van der Waals surface area contributed by atoms with Crippen LogP contribution in [-0.4, -0.2) is 19.0 Å². The van der Waals surface area contributed by atoms with E-state index in [4.69, 9.17) is 0 Å². The molecule has 0 bridgehead atoms. The van der Waals surface area contributed by atoms with Crippen LogP contribution in [0.15, 0.2) is 0 Å². The first-order chi connectivity index (χ1) is 4.66. The van der Waals surface area contributed by atoms with Crippen molar-refractivity contribution in [3.8, 4) is 0 Å². The summed E-state index contributed by atoms with van der Waals surface area (Å²) in [6, 6.07) is 0. The van der Waals surface area contributed by atoms with Crippen molar-refractivity contribution in [3.63, 3.8) is 0 Å². The van der Waals surface area contributed by atoms with E-state index in [2.05, 4.69) is 4.74 Å². The average Bonchev–Trinajstić information content (AvgIpc) is 1.87. The summed E-state index contributed by atoms with van der Waals surface area (Å²) in [4.78, 5) is 20.2. The first-order valence-electron chi connectivity index (χ1n) is 2.93. The molecule has 0 amide bonds. The number of rotatable bonds is 4. The maximum absolute atomic E-state index is 10.4. The van der Waals surface area contributed by atoms with Gasteiger partial charge >= 0.3 is 5.97 Å². The summed E-state index contributed by atoms with van der Waals surface area (Å²) in [6.45, 7) is 0.